The highest BCUT2D eigenvalue weighted by molar-refractivity contribution is 5.32. The van der Waals surface area contributed by atoms with Gasteiger partial charge in [0.25, 0.3) is 0 Å². The molecule has 19 heavy (non-hydrogen) atoms. The third-order valence-electron chi connectivity index (χ3n) is 3.12. The van der Waals surface area contributed by atoms with Gasteiger partial charge in [0, 0.05) is 0 Å². The molecule has 1 atom stereocenters. The van der Waals surface area contributed by atoms with E-state index >= 15 is 0 Å². The van der Waals surface area contributed by atoms with Crippen LogP contribution in [0.2, 0.25) is 0 Å². The summed E-state index contributed by atoms with van der Waals surface area (Å²) < 4.78 is 5.97. The zero-order chi connectivity index (χ0) is 14.5. The van der Waals surface area contributed by atoms with Gasteiger partial charge in [-0.15, -0.1) is 0 Å². The molecule has 1 aromatic carbocycles. The largest absolute Gasteiger partial charge is 0.374 e. The molecule has 0 fully saturated rings. The van der Waals surface area contributed by atoms with Gasteiger partial charge in [-0.25, -0.2) is 0 Å². The Morgan fingerprint density at radius 3 is 2.42 bits per heavy atom. The van der Waals surface area contributed by atoms with E-state index in [9.17, 15) is 0 Å². The summed E-state index contributed by atoms with van der Waals surface area (Å²) in [4.78, 5) is 0. The number of hydrogen-bond donors (Lipinski definition) is 1. The van der Waals surface area contributed by atoms with Gasteiger partial charge in [-0.05, 0) is 58.7 Å². The summed E-state index contributed by atoms with van der Waals surface area (Å²) in [6, 6.07) is 6.93. The lowest BCUT2D eigenvalue weighted by Crippen LogP contribution is -2.31. The number of nitrogens with one attached hydrogen (secondary N) is 1. The molecule has 1 N–H and O–H groups in total. The van der Waals surface area contributed by atoms with Gasteiger partial charge in [0.05, 0.1) is 18.2 Å². The fraction of sp³-hybridized carbons (Fsp3) is 0.647. The van der Waals surface area contributed by atoms with Crippen LogP contribution in [0.3, 0.4) is 0 Å². The summed E-state index contributed by atoms with van der Waals surface area (Å²) in [5, 5.41) is 3.59. The lowest BCUT2D eigenvalue weighted by molar-refractivity contribution is -0.0148. The molecule has 108 valence electrons. The smallest absolute Gasteiger partial charge is 0.0668 e. The minimum Gasteiger partial charge on any atom is -0.374 e. The highest BCUT2D eigenvalue weighted by Crippen LogP contribution is 2.21. The monoisotopic (exact) mass is 263 g/mol. The zero-order valence-electron chi connectivity index (χ0n) is 13.3. The van der Waals surface area contributed by atoms with Gasteiger partial charge < -0.3 is 10.1 Å². The molecule has 2 heteroatoms. The first-order valence-corrected chi connectivity index (χ1v) is 7.28. The molecular weight excluding hydrogens is 234 g/mol. The number of aryl methyl sites for hydroxylation is 2. The quantitative estimate of drug-likeness (QED) is 0.832. The Hall–Kier alpha value is -0.860. The lowest BCUT2D eigenvalue weighted by Gasteiger charge is -2.26. The Bertz CT molecular complexity index is 393. The molecule has 0 aliphatic rings. The molecule has 0 spiro atoms. The molecule has 0 radical (unpaired) electrons. The van der Waals surface area contributed by atoms with Gasteiger partial charge in [0.1, 0.15) is 0 Å². The fourth-order valence-electron chi connectivity index (χ4n) is 2.13. The van der Waals surface area contributed by atoms with Crippen LogP contribution >= 0.6 is 0 Å². The summed E-state index contributed by atoms with van der Waals surface area (Å²) >= 11 is 0. The zero-order valence-corrected chi connectivity index (χ0v) is 13.3. The molecule has 0 saturated heterocycles. The van der Waals surface area contributed by atoms with Crippen LogP contribution in [0.4, 0.5) is 0 Å². The maximum absolute atomic E-state index is 5.97. The molecule has 0 amide bonds. The Morgan fingerprint density at radius 2 is 1.89 bits per heavy atom. The molecule has 0 saturated carbocycles. The van der Waals surface area contributed by atoms with E-state index in [4.69, 9.17) is 4.74 Å². The first-order chi connectivity index (χ1) is 8.83. The first-order valence-electron chi connectivity index (χ1n) is 7.28. The normalized spacial score (nSPS) is 13.6. The van der Waals surface area contributed by atoms with Gasteiger partial charge in [0.2, 0.25) is 0 Å². The predicted molar refractivity (Wildman–Crippen MR) is 82.7 cm³/mol. The minimum atomic E-state index is -0.0925. The van der Waals surface area contributed by atoms with Crippen molar-refractivity contribution in [2.75, 3.05) is 13.2 Å². The van der Waals surface area contributed by atoms with Crippen LogP contribution < -0.4 is 5.32 Å². The molecule has 1 unspecified atom stereocenters. The molecule has 2 nitrogen and oxygen atoms in total. The van der Waals surface area contributed by atoms with Gasteiger partial charge in [-0.2, -0.15) is 0 Å². The maximum atomic E-state index is 5.97. The number of ether oxygens (including phenoxy) is 1. The third-order valence-corrected chi connectivity index (χ3v) is 3.12. The lowest BCUT2D eigenvalue weighted by atomic mass is 9.99. The third kappa shape index (κ3) is 5.75. The van der Waals surface area contributed by atoms with Crippen LogP contribution in [0.1, 0.15) is 56.8 Å². The number of benzene rings is 1. The summed E-state index contributed by atoms with van der Waals surface area (Å²) in [5.74, 6) is 0. The Kier molecular flexibility index (Phi) is 6.02. The SMILES string of the molecule is CCCNC(COC(C)(C)C)c1ccc(C)cc1C. The molecule has 1 rings (SSSR count). The van der Waals surface area contributed by atoms with Gasteiger partial charge in [0.15, 0.2) is 0 Å². The van der Waals surface area contributed by atoms with Crippen LogP contribution in [-0.2, 0) is 4.74 Å². The van der Waals surface area contributed by atoms with Crippen molar-refractivity contribution in [3.63, 3.8) is 0 Å². The van der Waals surface area contributed by atoms with Crippen LogP contribution in [-0.4, -0.2) is 18.8 Å². The Labute approximate surface area is 118 Å². The number of rotatable bonds is 6. The van der Waals surface area contributed by atoms with Crippen molar-refractivity contribution in [1.29, 1.82) is 0 Å². The second-order valence-corrected chi connectivity index (χ2v) is 6.29. The summed E-state index contributed by atoms with van der Waals surface area (Å²) in [6.07, 6.45) is 1.14. The van der Waals surface area contributed by atoms with Crippen molar-refractivity contribution in [3.8, 4) is 0 Å². The highest BCUT2D eigenvalue weighted by Gasteiger charge is 2.17. The van der Waals surface area contributed by atoms with Crippen molar-refractivity contribution in [1.82, 2.24) is 5.32 Å². The maximum Gasteiger partial charge on any atom is 0.0668 e. The van der Waals surface area contributed by atoms with E-state index in [1.807, 2.05) is 0 Å². The summed E-state index contributed by atoms with van der Waals surface area (Å²) in [5.41, 5.74) is 3.91. The van der Waals surface area contributed by atoms with E-state index in [0.717, 1.165) is 13.0 Å². The topological polar surface area (TPSA) is 21.3 Å². The van der Waals surface area contributed by atoms with E-state index in [1.165, 1.54) is 16.7 Å². The summed E-state index contributed by atoms with van der Waals surface area (Å²) in [6.45, 7) is 14.6. The molecule has 0 bridgehead atoms. The molecule has 0 heterocycles. The minimum absolute atomic E-state index is 0.0925. The van der Waals surface area contributed by atoms with Crippen LogP contribution in [0.5, 0.6) is 0 Å². The van der Waals surface area contributed by atoms with Crippen molar-refractivity contribution < 1.29 is 4.74 Å². The van der Waals surface area contributed by atoms with Crippen LogP contribution in [0.15, 0.2) is 18.2 Å². The Morgan fingerprint density at radius 1 is 1.21 bits per heavy atom. The van der Waals surface area contributed by atoms with Crippen LogP contribution in [0.25, 0.3) is 0 Å². The van der Waals surface area contributed by atoms with E-state index in [1.54, 1.807) is 0 Å². The van der Waals surface area contributed by atoms with Crippen molar-refractivity contribution in [3.05, 3.63) is 34.9 Å². The molecule has 1 aromatic rings. The van der Waals surface area contributed by atoms with E-state index in [-0.39, 0.29) is 11.6 Å². The Balaban J connectivity index is 2.83. The number of hydrogen-bond acceptors (Lipinski definition) is 2. The average Bonchev–Trinajstić information content (AvgIpc) is 2.29. The van der Waals surface area contributed by atoms with Gasteiger partial charge >= 0.3 is 0 Å². The molecule has 0 aromatic heterocycles. The average molecular weight is 263 g/mol. The van der Waals surface area contributed by atoms with Gasteiger partial charge in [-0.3, -0.25) is 0 Å². The fourth-order valence-corrected chi connectivity index (χ4v) is 2.13. The summed E-state index contributed by atoms with van der Waals surface area (Å²) in [7, 11) is 0. The van der Waals surface area contributed by atoms with Gasteiger partial charge in [-0.1, -0.05) is 30.7 Å². The molecule has 0 aliphatic heterocycles. The second-order valence-electron chi connectivity index (χ2n) is 6.29. The van der Waals surface area contributed by atoms with Crippen LogP contribution in [0, 0.1) is 13.8 Å². The second kappa shape index (κ2) is 7.06. The van der Waals surface area contributed by atoms with Crippen molar-refractivity contribution >= 4 is 0 Å². The first kappa shape index (κ1) is 16.2. The van der Waals surface area contributed by atoms with E-state index in [0.29, 0.717) is 6.61 Å². The van der Waals surface area contributed by atoms with E-state index < -0.39 is 0 Å². The highest BCUT2D eigenvalue weighted by atomic mass is 16.5. The standard InChI is InChI=1S/C17H29NO/c1-7-10-18-16(12-19-17(4,5)6)15-9-8-13(2)11-14(15)3/h8-9,11,16,18H,7,10,12H2,1-6H3. The van der Waals surface area contributed by atoms with Crippen molar-refractivity contribution in [2.45, 2.75) is 59.6 Å². The molecule has 0 aliphatic carbocycles. The molecular formula is C17H29NO. The van der Waals surface area contributed by atoms with Crippen molar-refractivity contribution in [2.24, 2.45) is 0 Å². The van der Waals surface area contributed by atoms with E-state index in [2.05, 4.69) is 65.1 Å². The predicted octanol–water partition coefficient (Wildman–Crippen LogP) is 4.16.